The second-order valence-corrected chi connectivity index (χ2v) is 7.16. The molecular formula is C14H21N3O3S. The molecule has 0 spiro atoms. The van der Waals surface area contributed by atoms with E-state index >= 15 is 0 Å². The van der Waals surface area contributed by atoms with Crippen molar-refractivity contribution in [2.24, 2.45) is 0 Å². The first-order valence-electron chi connectivity index (χ1n) is 6.98. The lowest BCUT2D eigenvalue weighted by molar-refractivity contribution is 0.0947. The summed E-state index contributed by atoms with van der Waals surface area (Å²) in [5.41, 5.74) is 0.475. The van der Waals surface area contributed by atoms with Crippen LogP contribution in [0.4, 0.5) is 0 Å². The van der Waals surface area contributed by atoms with Crippen LogP contribution in [0.1, 0.15) is 10.4 Å². The number of sulfone groups is 1. The highest BCUT2D eigenvalue weighted by Crippen LogP contribution is 2.10. The molecule has 1 fully saturated rings. The first-order valence-corrected chi connectivity index (χ1v) is 8.87. The zero-order valence-corrected chi connectivity index (χ0v) is 12.9. The number of hydrogen-bond donors (Lipinski definition) is 2. The van der Waals surface area contributed by atoms with E-state index in [9.17, 15) is 13.2 Å². The largest absolute Gasteiger partial charge is 0.351 e. The molecule has 1 aromatic carbocycles. The fourth-order valence-corrected chi connectivity index (χ4v) is 2.85. The molecule has 0 aliphatic carbocycles. The summed E-state index contributed by atoms with van der Waals surface area (Å²) in [6, 6.07) is 5.99. The Morgan fingerprint density at radius 1 is 1.24 bits per heavy atom. The van der Waals surface area contributed by atoms with E-state index in [4.69, 9.17) is 0 Å². The fraction of sp³-hybridized carbons (Fsp3) is 0.500. The van der Waals surface area contributed by atoms with Crippen LogP contribution in [0.15, 0.2) is 29.2 Å². The van der Waals surface area contributed by atoms with Gasteiger partial charge in [0.1, 0.15) is 0 Å². The number of piperazine rings is 1. The molecule has 1 amide bonds. The predicted molar refractivity (Wildman–Crippen MR) is 81.2 cm³/mol. The number of hydrogen-bond acceptors (Lipinski definition) is 5. The maximum atomic E-state index is 12.0. The minimum Gasteiger partial charge on any atom is -0.351 e. The van der Waals surface area contributed by atoms with E-state index in [1.54, 1.807) is 0 Å². The summed E-state index contributed by atoms with van der Waals surface area (Å²) >= 11 is 0. The molecule has 2 rings (SSSR count). The fourth-order valence-electron chi connectivity index (χ4n) is 2.22. The number of benzene rings is 1. The van der Waals surface area contributed by atoms with E-state index in [2.05, 4.69) is 15.5 Å². The summed E-state index contributed by atoms with van der Waals surface area (Å²) in [6.45, 7) is 5.39. The van der Waals surface area contributed by atoms with Crippen molar-refractivity contribution < 1.29 is 13.2 Å². The Morgan fingerprint density at radius 2 is 1.86 bits per heavy atom. The molecule has 0 saturated carbocycles. The molecular weight excluding hydrogens is 290 g/mol. The van der Waals surface area contributed by atoms with Crippen molar-refractivity contribution in [1.82, 2.24) is 15.5 Å². The van der Waals surface area contributed by atoms with Gasteiger partial charge in [0.15, 0.2) is 9.84 Å². The van der Waals surface area contributed by atoms with Crippen molar-refractivity contribution in [3.05, 3.63) is 29.8 Å². The van der Waals surface area contributed by atoms with Gasteiger partial charge in [-0.3, -0.25) is 9.69 Å². The van der Waals surface area contributed by atoms with E-state index in [0.29, 0.717) is 12.1 Å². The summed E-state index contributed by atoms with van der Waals surface area (Å²) < 4.78 is 22.7. The Bertz CT molecular complexity index is 578. The molecule has 1 aromatic rings. The Balaban J connectivity index is 1.83. The van der Waals surface area contributed by atoms with Gasteiger partial charge in [0.2, 0.25) is 0 Å². The summed E-state index contributed by atoms with van der Waals surface area (Å²) in [5.74, 6) is -0.176. The van der Waals surface area contributed by atoms with Crippen LogP contribution in [0.2, 0.25) is 0 Å². The highest BCUT2D eigenvalue weighted by Gasteiger charge is 2.11. The van der Waals surface area contributed by atoms with Gasteiger partial charge in [0, 0.05) is 51.1 Å². The third kappa shape index (κ3) is 4.80. The van der Waals surface area contributed by atoms with Crippen molar-refractivity contribution >= 4 is 15.7 Å². The highest BCUT2D eigenvalue weighted by atomic mass is 32.2. The molecule has 1 heterocycles. The standard InChI is InChI=1S/C14H21N3O3S/c1-21(19,20)13-4-2-12(3-5-13)14(18)16-8-11-17-9-6-15-7-10-17/h2-5,15H,6-11H2,1H3,(H,16,18). The molecule has 1 aliphatic rings. The number of carbonyl (C=O) groups is 1. The average molecular weight is 311 g/mol. The normalized spacial score (nSPS) is 16.6. The van der Waals surface area contributed by atoms with Gasteiger partial charge in [0.25, 0.3) is 5.91 Å². The quantitative estimate of drug-likeness (QED) is 0.782. The molecule has 1 aliphatic heterocycles. The molecule has 2 N–H and O–H groups in total. The molecule has 6 nitrogen and oxygen atoms in total. The Hall–Kier alpha value is -1.44. The Labute approximate surface area is 125 Å². The number of nitrogens with one attached hydrogen (secondary N) is 2. The second kappa shape index (κ2) is 7.02. The summed E-state index contributed by atoms with van der Waals surface area (Å²) in [4.78, 5) is 14.5. The maximum absolute atomic E-state index is 12.0. The van der Waals surface area contributed by atoms with E-state index in [1.807, 2.05) is 0 Å². The van der Waals surface area contributed by atoms with E-state index in [-0.39, 0.29) is 10.8 Å². The minimum absolute atomic E-state index is 0.176. The smallest absolute Gasteiger partial charge is 0.251 e. The lowest BCUT2D eigenvalue weighted by Crippen LogP contribution is -2.46. The van der Waals surface area contributed by atoms with Crippen LogP contribution >= 0.6 is 0 Å². The van der Waals surface area contributed by atoms with Gasteiger partial charge in [-0.05, 0) is 24.3 Å². The molecule has 0 radical (unpaired) electrons. The SMILES string of the molecule is CS(=O)(=O)c1ccc(C(=O)NCCN2CCNCC2)cc1. The van der Waals surface area contributed by atoms with E-state index in [0.717, 1.165) is 39.0 Å². The molecule has 21 heavy (non-hydrogen) atoms. The zero-order valence-electron chi connectivity index (χ0n) is 12.1. The molecule has 1 saturated heterocycles. The van der Waals surface area contributed by atoms with Crippen molar-refractivity contribution in [3.63, 3.8) is 0 Å². The predicted octanol–water partition coefficient (Wildman–Crippen LogP) is -0.275. The van der Waals surface area contributed by atoms with Crippen LogP contribution in [0.5, 0.6) is 0 Å². The summed E-state index contributed by atoms with van der Waals surface area (Å²) in [5, 5.41) is 6.13. The molecule has 0 unspecified atom stereocenters. The molecule has 116 valence electrons. The Kier molecular flexibility index (Phi) is 5.33. The Morgan fingerprint density at radius 3 is 2.43 bits per heavy atom. The number of amides is 1. The van der Waals surface area contributed by atoms with Gasteiger partial charge in [-0.25, -0.2) is 8.42 Å². The third-order valence-electron chi connectivity index (χ3n) is 3.47. The average Bonchev–Trinajstić information content (AvgIpc) is 2.47. The number of carbonyl (C=O) groups excluding carboxylic acids is 1. The lowest BCUT2D eigenvalue weighted by atomic mass is 10.2. The van der Waals surface area contributed by atoms with Crippen LogP contribution in [0.3, 0.4) is 0 Å². The van der Waals surface area contributed by atoms with Crippen molar-refractivity contribution in [2.75, 3.05) is 45.5 Å². The molecule has 0 aromatic heterocycles. The van der Waals surface area contributed by atoms with Gasteiger partial charge in [-0.2, -0.15) is 0 Å². The first kappa shape index (κ1) is 15.9. The first-order chi connectivity index (χ1) is 9.97. The zero-order chi connectivity index (χ0) is 15.3. The number of rotatable bonds is 5. The van der Waals surface area contributed by atoms with Gasteiger partial charge < -0.3 is 10.6 Å². The second-order valence-electron chi connectivity index (χ2n) is 5.14. The van der Waals surface area contributed by atoms with Gasteiger partial charge in [-0.15, -0.1) is 0 Å². The molecule has 7 heteroatoms. The van der Waals surface area contributed by atoms with Crippen molar-refractivity contribution in [2.45, 2.75) is 4.90 Å². The third-order valence-corrected chi connectivity index (χ3v) is 4.60. The monoisotopic (exact) mass is 311 g/mol. The van der Waals surface area contributed by atoms with Crippen molar-refractivity contribution in [3.8, 4) is 0 Å². The van der Waals surface area contributed by atoms with Crippen LogP contribution in [-0.4, -0.2) is 64.7 Å². The van der Waals surface area contributed by atoms with Crippen LogP contribution in [-0.2, 0) is 9.84 Å². The van der Waals surface area contributed by atoms with Crippen LogP contribution in [0, 0.1) is 0 Å². The van der Waals surface area contributed by atoms with E-state index in [1.165, 1.54) is 24.3 Å². The van der Waals surface area contributed by atoms with Gasteiger partial charge in [0.05, 0.1) is 4.90 Å². The van der Waals surface area contributed by atoms with Gasteiger partial charge in [-0.1, -0.05) is 0 Å². The minimum atomic E-state index is -3.22. The molecule has 0 bridgehead atoms. The maximum Gasteiger partial charge on any atom is 0.251 e. The van der Waals surface area contributed by atoms with Crippen LogP contribution < -0.4 is 10.6 Å². The van der Waals surface area contributed by atoms with Crippen molar-refractivity contribution in [1.29, 1.82) is 0 Å². The van der Waals surface area contributed by atoms with Gasteiger partial charge >= 0.3 is 0 Å². The molecule has 0 atom stereocenters. The van der Waals surface area contributed by atoms with Crippen LogP contribution in [0.25, 0.3) is 0 Å². The van der Waals surface area contributed by atoms with E-state index < -0.39 is 9.84 Å². The summed E-state index contributed by atoms with van der Waals surface area (Å²) in [6.07, 6.45) is 1.15. The lowest BCUT2D eigenvalue weighted by Gasteiger charge is -2.27. The number of nitrogens with zero attached hydrogens (tertiary/aromatic N) is 1. The summed E-state index contributed by atoms with van der Waals surface area (Å²) in [7, 11) is -3.22. The highest BCUT2D eigenvalue weighted by molar-refractivity contribution is 7.90. The topological polar surface area (TPSA) is 78.5 Å².